The van der Waals surface area contributed by atoms with Crippen LogP contribution in [0.25, 0.3) is 0 Å². The largest absolute Gasteiger partial charge is 0.478 e. The smallest absolute Gasteiger partial charge is 0.334 e. The molecule has 1 heterocycles. The van der Waals surface area contributed by atoms with Gasteiger partial charge in [0.2, 0.25) is 6.35 Å². The Hall–Kier alpha value is -0.550. The van der Waals surface area contributed by atoms with Crippen LogP contribution in [0.15, 0.2) is 12.4 Å². The highest BCUT2D eigenvalue weighted by atomic mass is 31.2. The molecule has 1 rings (SSSR count). The van der Waals surface area contributed by atoms with E-state index in [1.54, 1.807) is 0 Å². The van der Waals surface area contributed by atoms with E-state index in [-0.39, 0.29) is 0 Å². The van der Waals surface area contributed by atoms with Gasteiger partial charge in [0.05, 0.1) is 13.2 Å². The van der Waals surface area contributed by atoms with Gasteiger partial charge in [-0.15, -0.1) is 0 Å². The molecule has 0 saturated carbocycles. The topological polar surface area (TPSA) is 51.2 Å². The van der Waals surface area contributed by atoms with Crippen LogP contribution in [0, 0.1) is 0 Å². The fourth-order valence-corrected chi connectivity index (χ4v) is 4.03. The summed E-state index contributed by atoms with van der Waals surface area (Å²) in [6, 6.07) is 0. The number of rotatable bonds is 16. The number of hydrogen-bond acceptors (Lipinski definition) is 6. The maximum atomic E-state index is 13.2. The van der Waals surface area contributed by atoms with Crippen LogP contribution < -0.4 is 0 Å². The standard InChI is InChI=1S/C19H39N2O4P/c1-5-9-12-13-14-21-16-15-20(8-4)19(21)25-26(22,23-17-10-6-2)24-18-11-7-3/h15-16,19H,5-14,17-18H2,1-4H3. The summed E-state index contributed by atoms with van der Waals surface area (Å²) in [5.41, 5.74) is 0. The lowest BCUT2D eigenvalue weighted by Crippen LogP contribution is -2.40. The van der Waals surface area contributed by atoms with Gasteiger partial charge in [-0.1, -0.05) is 52.9 Å². The highest BCUT2D eigenvalue weighted by molar-refractivity contribution is 7.48. The van der Waals surface area contributed by atoms with Gasteiger partial charge in [0, 0.05) is 25.5 Å². The molecule has 154 valence electrons. The SMILES string of the molecule is CCCCCCN1C=CN(CC)C1OP(=O)(OCCCC)OCCCC. The Labute approximate surface area is 160 Å². The molecule has 0 spiro atoms. The molecule has 0 bridgehead atoms. The first kappa shape index (κ1) is 23.5. The molecular formula is C19H39N2O4P. The summed E-state index contributed by atoms with van der Waals surface area (Å²) in [6.45, 7) is 10.8. The lowest BCUT2D eigenvalue weighted by Gasteiger charge is -2.33. The first-order chi connectivity index (χ1) is 12.6. The van der Waals surface area contributed by atoms with Crippen LogP contribution in [0.1, 0.15) is 79.1 Å². The van der Waals surface area contributed by atoms with Gasteiger partial charge in [-0.2, -0.15) is 0 Å². The Morgan fingerprint density at radius 3 is 1.92 bits per heavy atom. The van der Waals surface area contributed by atoms with Crippen molar-refractivity contribution < 1.29 is 18.1 Å². The quantitative estimate of drug-likeness (QED) is 0.248. The second-order valence-corrected chi connectivity index (χ2v) is 8.30. The van der Waals surface area contributed by atoms with Gasteiger partial charge in [-0.05, 0) is 26.2 Å². The Morgan fingerprint density at radius 1 is 0.808 bits per heavy atom. The zero-order valence-corrected chi connectivity index (χ0v) is 18.1. The van der Waals surface area contributed by atoms with Crippen LogP contribution in [0.4, 0.5) is 0 Å². The summed E-state index contributed by atoms with van der Waals surface area (Å²) < 4.78 is 30.3. The van der Waals surface area contributed by atoms with Crippen LogP contribution >= 0.6 is 7.82 Å². The van der Waals surface area contributed by atoms with E-state index in [0.29, 0.717) is 13.2 Å². The van der Waals surface area contributed by atoms with E-state index in [1.165, 1.54) is 19.3 Å². The Kier molecular flexibility index (Phi) is 12.3. The van der Waals surface area contributed by atoms with E-state index in [9.17, 15) is 4.57 Å². The first-order valence-electron chi connectivity index (χ1n) is 10.4. The average Bonchev–Trinajstić information content (AvgIpc) is 3.00. The molecular weight excluding hydrogens is 351 g/mol. The molecule has 0 amide bonds. The summed E-state index contributed by atoms with van der Waals surface area (Å²) in [5, 5.41) is 0. The second kappa shape index (κ2) is 13.6. The van der Waals surface area contributed by atoms with Gasteiger partial charge in [-0.3, -0.25) is 9.05 Å². The van der Waals surface area contributed by atoms with Crippen LogP contribution in [0.2, 0.25) is 0 Å². The first-order valence-corrected chi connectivity index (χ1v) is 11.8. The van der Waals surface area contributed by atoms with Crippen molar-refractivity contribution in [3.05, 3.63) is 12.4 Å². The fraction of sp³-hybridized carbons (Fsp3) is 0.895. The van der Waals surface area contributed by atoms with Crippen molar-refractivity contribution in [2.24, 2.45) is 0 Å². The number of hydrogen-bond donors (Lipinski definition) is 0. The molecule has 0 radical (unpaired) electrons. The molecule has 0 aromatic carbocycles. The molecule has 0 aromatic rings. The molecule has 1 unspecified atom stereocenters. The molecule has 1 aliphatic rings. The van der Waals surface area contributed by atoms with E-state index >= 15 is 0 Å². The highest BCUT2D eigenvalue weighted by Gasteiger charge is 2.37. The summed E-state index contributed by atoms with van der Waals surface area (Å²) in [4.78, 5) is 4.12. The van der Waals surface area contributed by atoms with E-state index in [1.807, 2.05) is 17.3 Å². The fourth-order valence-electron chi connectivity index (χ4n) is 2.65. The molecule has 26 heavy (non-hydrogen) atoms. The normalized spacial score (nSPS) is 17.5. The molecule has 0 saturated heterocycles. The molecule has 1 atom stereocenters. The Balaban J connectivity index is 2.70. The second-order valence-electron chi connectivity index (χ2n) is 6.68. The van der Waals surface area contributed by atoms with E-state index in [0.717, 1.165) is 45.2 Å². The predicted octanol–water partition coefficient (Wildman–Crippen LogP) is 5.72. The molecule has 6 nitrogen and oxygen atoms in total. The predicted molar refractivity (Wildman–Crippen MR) is 107 cm³/mol. The molecule has 1 aliphatic heterocycles. The van der Waals surface area contributed by atoms with E-state index in [4.69, 9.17) is 13.6 Å². The van der Waals surface area contributed by atoms with E-state index < -0.39 is 14.2 Å². The van der Waals surface area contributed by atoms with Crippen molar-refractivity contribution in [1.29, 1.82) is 0 Å². The third-order valence-electron chi connectivity index (χ3n) is 4.37. The minimum absolute atomic E-state index is 0.392. The van der Waals surface area contributed by atoms with Crippen LogP contribution in [0.5, 0.6) is 0 Å². The van der Waals surface area contributed by atoms with Crippen LogP contribution in [-0.2, 0) is 18.1 Å². The molecule has 0 N–H and O–H groups in total. The van der Waals surface area contributed by atoms with E-state index in [2.05, 4.69) is 32.6 Å². The number of unbranched alkanes of at least 4 members (excludes halogenated alkanes) is 5. The highest BCUT2D eigenvalue weighted by Crippen LogP contribution is 2.52. The van der Waals surface area contributed by atoms with Gasteiger partial charge in [0.25, 0.3) is 0 Å². The molecule has 0 aliphatic carbocycles. The van der Waals surface area contributed by atoms with Crippen molar-refractivity contribution >= 4 is 7.82 Å². The van der Waals surface area contributed by atoms with Crippen molar-refractivity contribution in [2.45, 2.75) is 85.4 Å². The van der Waals surface area contributed by atoms with Gasteiger partial charge in [-0.25, -0.2) is 9.09 Å². The minimum Gasteiger partial charge on any atom is -0.334 e. The maximum absolute atomic E-state index is 13.2. The van der Waals surface area contributed by atoms with Gasteiger partial charge >= 0.3 is 7.82 Å². The minimum atomic E-state index is -3.58. The Bertz CT molecular complexity index is 420. The number of nitrogens with zero attached hydrogens (tertiary/aromatic N) is 2. The van der Waals surface area contributed by atoms with Crippen molar-refractivity contribution in [2.75, 3.05) is 26.3 Å². The zero-order valence-electron chi connectivity index (χ0n) is 17.2. The summed E-state index contributed by atoms with van der Waals surface area (Å²) in [6.07, 6.45) is 11.9. The summed E-state index contributed by atoms with van der Waals surface area (Å²) >= 11 is 0. The third kappa shape index (κ3) is 8.43. The molecule has 7 heteroatoms. The van der Waals surface area contributed by atoms with Gasteiger partial charge in [0.15, 0.2) is 0 Å². The maximum Gasteiger partial charge on any atom is 0.478 e. The number of phosphoric acid groups is 1. The monoisotopic (exact) mass is 390 g/mol. The van der Waals surface area contributed by atoms with Crippen molar-refractivity contribution in [1.82, 2.24) is 9.80 Å². The van der Waals surface area contributed by atoms with Crippen molar-refractivity contribution in [3.8, 4) is 0 Å². The van der Waals surface area contributed by atoms with Gasteiger partial charge in [0.1, 0.15) is 0 Å². The lowest BCUT2D eigenvalue weighted by atomic mass is 10.2. The van der Waals surface area contributed by atoms with Gasteiger partial charge < -0.3 is 9.80 Å². The van der Waals surface area contributed by atoms with Crippen LogP contribution in [0.3, 0.4) is 0 Å². The zero-order chi connectivity index (χ0) is 19.3. The Morgan fingerprint density at radius 2 is 1.38 bits per heavy atom. The molecule has 0 fully saturated rings. The lowest BCUT2D eigenvalue weighted by molar-refractivity contribution is -0.0537. The number of phosphoric ester groups is 1. The third-order valence-corrected chi connectivity index (χ3v) is 5.81. The van der Waals surface area contributed by atoms with Crippen LogP contribution in [-0.4, -0.2) is 42.5 Å². The molecule has 0 aromatic heterocycles. The average molecular weight is 391 g/mol. The summed E-state index contributed by atoms with van der Waals surface area (Å²) in [7, 11) is -3.58. The summed E-state index contributed by atoms with van der Waals surface area (Å²) in [5.74, 6) is 0. The van der Waals surface area contributed by atoms with Crippen molar-refractivity contribution in [3.63, 3.8) is 0 Å².